The van der Waals surface area contributed by atoms with Crippen molar-refractivity contribution in [3.8, 4) is 11.5 Å². The second-order valence-corrected chi connectivity index (χ2v) is 7.23. The Balaban J connectivity index is 1.75. The number of nitrogens with one attached hydrogen (secondary N) is 1. The molecule has 1 aliphatic carbocycles. The molecule has 32 heavy (non-hydrogen) atoms. The minimum atomic E-state index is -4.44. The number of allylic oxidation sites excluding steroid dienone is 1. The summed E-state index contributed by atoms with van der Waals surface area (Å²) in [5.74, 6) is 1.07. The number of fused-ring (bicyclic) bond motifs is 1. The maximum atomic E-state index is 13.2. The Morgan fingerprint density at radius 3 is 2.19 bits per heavy atom. The summed E-state index contributed by atoms with van der Waals surface area (Å²) in [5, 5.41) is 3.30. The fourth-order valence-corrected chi connectivity index (χ4v) is 3.77. The first-order valence-corrected chi connectivity index (χ1v) is 9.84. The maximum absolute atomic E-state index is 13.2. The highest BCUT2D eigenvalue weighted by Gasteiger charge is 2.33. The van der Waals surface area contributed by atoms with Gasteiger partial charge in [-0.25, -0.2) is 0 Å². The first kappa shape index (κ1) is 21.5. The van der Waals surface area contributed by atoms with Crippen molar-refractivity contribution in [2.45, 2.75) is 12.7 Å². The molecular formula is C25H20F3NO3. The minimum absolute atomic E-state index is 0.236. The van der Waals surface area contributed by atoms with Gasteiger partial charge >= 0.3 is 6.18 Å². The van der Waals surface area contributed by atoms with Gasteiger partial charge in [0, 0.05) is 23.2 Å². The molecule has 0 heterocycles. The molecule has 0 amide bonds. The zero-order valence-electron chi connectivity index (χ0n) is 17.4. The Labute approximate surface area is 183 Å². The monoisotopic (exact) mass is 439 g/mol. The van der Waals surface area contributed by atoms with Crippen LogP contribution in [0.1, 0.15) is 32.6 Å². The highest BCUT2D eigenvalue weighted by atomic mass is 19.4. The number of carbonyl (C=O) groups is 1. The van der Waals surface area contributed by atoms with E-state index in [0.717, 1.165) is 17.7 Å². The van der Waals surface area contributed by atoms with E-state index in [-0.39, 0.29) is 5.78 Å². The molecule has 4 rings (SSSR count). The Bertz CT molecular complexity index is 1200. The molecule has 0 aliphatic heterocycles. The van der Waals surface area contributed by atoms with Gasteiger partial charge in [-0.15, -0.1) is 0 Å². The average molecular weight is 439 g/mol. The van der Waals surface area contributed by atoms with Gasteiger partial charge in [-0.1, -0.05) is 36.4 Å². The lowest BCUT2D eigenvalue weighted by Gasteiger charge is -2.15. The average Bonchev–Trinajstić information content (AvgIpc) is 3.08. The number of methoxy groups -OCH3 is 2. The zero-order chi connectivity index (χ0) is 22.9. The number of hydrogen-bond donors (Lipinski definition) is 1. The minimum Gasteiger partial charge on any atom is -0.497 e. The number of carbonyl (C=O) groups excluding carboxylic acids is 1. The van der Waals surface area contributed by atoms with Crippen LogP contribution in [0.4, 0.5) is 13.2 Å². The van der Waals surface area contributed by atoms with E-state index in [1.165, 1.54) is 12.1 Å². The van der Waals surface area contributed by atoms with Gasteiger partial charge in [0.05, 0.1) is 31.1 Å². The van der Waals surface area contributed by atoms with Crippen molar-refractivity contribution in [3.05, 3.63) is 94.5 Å². The Kier molecular flexibility index (Phi) is 5.65. The summed E-state index contributed by atoms with van der Waals surface area (Å²) in [4.78, 5) is 13.2. The van der Waals surface area contributed by atoms with Crippen LogP contribution in [-0.4, -0.2) is 20.0 Å². The van der Waals surface area contributed by atoms with Crippen LogP contribution in [-0.2, 0) is 12.7 Å². The molecule has 0 unspecified atom stereocenters. The van der Waals surface area contributed by atoms with Gasteiger partial charge < -0.3 is 14.8 Å². The number of benzene rings is 3. The standard InChI is InChI=1S/C25H20F3NO3/c1-31-18-11-12-21(32-2)16(13-18)14-29-23-19-5-3-4-6-20(19)24(30)22(23)15-7-9-17(10-8-15)25(26,27)28/h3-13,29H,14H2,1-2H3. The second kappa shape index (κ2) is 8.42. The molecule has 0 spiro atoms. The fourth-order valence-electron chi connectivity index (χ4n) is 3.77. The number of ketones is 1. The van der Waals surface area contributed by atoms with E-state index < -0.39 is 11.7 Å². The van der Waals surface area contributed by atoms with Gasteiger partial charge in [0.25, 0.3) is 0 Å². The SMILES string of the molecule is COc1ccc(OC)c(CNC2=C(c3ccc(C(F)(F)F)cc3)C(=O)c3ccccc32)c1. The molecule has 0 saturated heterocycles. The summed E-state index contributed by atoms with van der Waals surface area (Å²) < 4.78 is 49.7. The second-order valence-electron chi connectivity index (χ2n) is 7.23. The van der Waals surface area contributed by atoms with Crippen LogP contribution < -0.4 is 14.8 Å². The lowest BCUT2D eigenvalue weighted by atomic mass is 10.00. The van der Waals surface area contributed by atoms with E-state index in [1.54, 1.807) is 38.5 Å². The molecule has 3 aromatic carbocycles. The topological polar surface area (TPSA) is 47.6 Å². The number of Topliss-reactive ketones (excluding diaryl/α,β-unsaturated/α-hetero) is 1. The predicted octanol–water partition coefficient (Wildman–Crippen LogP) is 5.58. The van der Waals surface area contributed by atoms with E-state index in [2.05, 4.69) is 5.32 Å². The van der Waals surface area contributed by atoms with Gasteiger partial charge in [-0.3, -0.25) is 4.79 Å². The molecule has 1 aliphatic rings. The van der Waals surface area contributed by atoms with Crippen LogP contribution in [0, 0.1) is 0 Å². The highest BCUT2D eigenvalue weighted by Crippen LogP contribution is 2.38. The quantitative estimate of drug-likeness (QED) is 0.545. The van der Waals surface area contributed by atoms with E-state index in [1.807, 2.05) is 18.2 Å². The van der Waals surface area contributed by atoms with Gasteiger partial charge in [0.15, 0.2) is 5.78 Å². The van der Waals surface area contributed by atoms with Crippen molar-refractivity contribution in [3.63, 3.8) is 0 Å². The molecule has 3 aromatic rings. The predicted molar refractivity (Wildman–Crippen MR) is 115 cm³/mol. The van der Waals surface area contributed by atoms with E-state index in [9.17, 15) is 18.0 Å². The molecule has 0 saturated carbocycles. The summed E-state index contributed by atoms with van der Waals surface area (Å²) in [6.07, 6.45) is -4.44. The van der Waals surface area contributed by atoms with Crippen molar-refractivity contribution < 1.29 is 27.4 Å². The Hall–Kier alpha value is -3.74. The van der Waals surface area contributed by atoms with E-state index >= 15 is 0 Å². The third-order valence-corrected chi connectivity index (χ3v) is 5.36. The van der Waals surface area contributed by atoms with Crippen molar-refractivity contribution in [1.82, 2.24) is 5.32 Å². The maximum Gasteiger partial charge on any atom is 0.416 e. The van der Waals surface area contributed by atoms with Crippen LogP contribution >= 0.6 is 0 Å². The largest absolute Gasteiger partial charge is 0.497 e. The molecular weight excluding hydrogens is 419 g/mol. The van der Waals surface area contributed by atoms with Gasteiger partial charge in [-0.2, -0.15) is 13.2 Å². The summed E-state index contributed by atoms with van der Waals surface area (Å²) in [6.45, 7) is 0.321. The van der Waals surface area contributed by atoms with Crippen LogP contribution in [0.5, 0.6) is 11.5 Å². The Morgan fingerprint density at radius 1 is 0.875 bits per heavy atom. The van der Waals surface area contributed by atoms with Crippen molar-refractivity contribution in [2.24, 2.45) is 0 Å². The number of ether oxygens (including phenoxy) is 2. The smallest absolute Gasteiger partial charge is 0.416 e. The van der Waals surface area contributed by atoms with Crippen LogP contribution in [0.15, 0.2) is 66.7 Å². The molecule has 0 aromatic heterocycles. The zero-order valence-corrected chi connectivity index (χ0v) is 17.4. The van der Waals surface area contributed by atoms with Crippen LogP contribution in [0.3, 0.4) is 0 Å². The molecule has 0 bridgehead atoms. The third kappa shape index (κ3) is 3.93. The van der Waals surface area contributed by atoms with Gasteiger partial charge in [0.2, 0.25) is 0 Å². The fraction of sp³-hybridized carbons (Fsp3) is 0.160. The lowest BCUT2D eigenvalue weighted by Crippen LogP contribution is -2.13. The number of hydrogen-bond acceptors (Lipinski definition) is 4. The highest BCUT2D eigenvalue weighted by molar-refractivity contribution is 6.39. The Morgan fingerprint density at radius 2 is 1.56 bits per heavy atom. The normalized spacial score (nSPS) is 13.2. The van der Waals surface area contributed by atoms with Crippen LogP contribution in [0.25, 0.3) is 11.3 Å². The molecule has 0 radical (unpaired) electrons. The van der Waals surface area contributed by atoms with E-state index in [4.69, 9.17) is 9.47 Å². The summed E-state index contributed by atoms with van der Waals surface area (Å²) in [5.41, 5.74) is 2.57. The van der Waals surface area contributed by atoms with Gasteiger partial charge in [0.1, 0.15) is 11.5 Å². The molecule has 1 N–H and O–H groups in total. The van der Waals surface area contributed by atoms with Crippen LogP contribution in [0.2, 0.25) is 0 Å². The molecule has 7 heteroatoms. The van der Waals surface area contributed by atoms with Crippen molar-refractivity contribution in [1.29, 1.82) is 0 Å². The molecule has 4 nitrogen and oxygen atoms in total. The summed E-state index contributed by atoms with van der Waals surface area (Å²) >= 11 is 0. The van der Waals surface area contributed by atoms with Gasteiger partial charge in [-0.05, 0) is 35.9 Å². The van der Waals surface area contributed by atoms with Crippen molar-refractivity contribution >= 4 is 17.1 Å². The molecule has 0 atom stereocenters. The number of alkyl halides is 3. The first-order valence-electron chi connectivity index (χ1n) is 9.84. The summed E-state index contributed by atoms with van der Waals surface area (Å²) in [7, 11) is 3.13. The number of halogens is 3. The van der Waals surface area contributed by atoms with Crippen molar-refractivity contribution in [2.75, 3.05) is 14.2 Å². The van der Waals surface area contributed by atoms with E-state index in [0.29, 0.717) is 46.0 Å². The molecule has 164 valence electrons. The number of rotatable bonds is 6. The third-order valence-electron chi connectivity index (χ3n) is 5.36. The molecule has 0 fully saturated rings. The lowest BCUT2D eigenvalue weighted by molar-refractivity contribution is -0.137. The summed E-state index contributed by atoms with van der Waals surface area (Å²) in [6, 6.07) is 17.1. The first-order chi connectivity index (χ1) is 15.3.